The van der Waals surface area contributed by atoms with E-state index in [0.29, 0.717) is 23.9 Å². The maximum Gasteiger partial charge on any atom is 0.363 e. The minimum absolute atomic E-state index is 0.0761. The van der Waals surface area contributed by atoms with E-state index in [0.717, 1.165) is 15.6 Å². The maximum atomic E-state index is 12.1. The first-order valence-corrected chi connectivity index (χ1v) is 9.79. The van der Waals surface area contributed by atoms with Crippen LogP contribution in [0.4, 0.5) is 0 Å². The molecule has 6 nitrogen and oxygen atoms in total. The molecule has 1 aliphatic heterocycles. The molecule has 1 aliphatic rings. The zero-order chi connectivity index (χ0) is 19.4. The summed E-state index contributed by atoms with van der Waals surface area (Å²) in [5.41, 5.74) is 0.978. The van der Waals surface area contributed by atoms with Crippen molar-refractivity contribution in [2.24, 2.45) is 4.99 Å². The molecule has 0 N–H and O–H groups in total. The molecule has 0 aliphatic carbocycles. The molecule has 0 saturated carbocycles. The number of esters is 1. The van der Waals surface area contributed by atoms with Crippen molar-refractivity contribution >= 4 is 40.5 Å². The van der Waals surface area contributed by atoms with Crippen molar-refractivity contribution in [1.82, 2.24) is 0 Å². The molecule has 2 aromatic rings. The first-order chi connectivity index (χ1) is 13.0. The quantitative estimate of drug-likeness (QED) is 0.323. The number of cyclic esters (lactones) is 1. The second-order valence-electron chi connectivity index (χ2n) is 5.91. The summed E-state index contributed by atoms with van der Waals surface area (Å²) in [5, 5.41) is 0. The molecule has 0 radical (unpaired) electrons. The number of furan rings is 1. The fourth-order valence-corrected chi connectivity index (χ4v) is 3.16. The zero-order valence-electron chi connectivity index (χ0n) is 15.3. The van der Waals surface area contributed by atoms with E-state index in [-0.39, 0.29) is 17.7 Å². The number of hydrogen-bond acceptors (Lipinski definition) is 6. The monoisotopic (exact) mass is 481 g/mol. The SMILES string of the molecule is CCOc1cc(/C=C2\N=C(c3ccco3)OC2=O)cc(I)c1OC(C)CC. The van der Waals surface area contributed by atoms with Gasteiger partial charge in [-0.15, -0.1) is 0 Å². The second-order valence-corrected chi connectivity index (χ2v) is 7.08. The summed E-state index contributed by atoms with van der Waals surface area (Å²) < 4.78 is 23.1. The van der Waals surface area contributed by atoms with Gasteiger partial charge in [0.15, 0.2) is 23.0 Å². The predicted molar refractivity (Wildman–Crippen MR) is 110 cm³/mol. The highest BCUT2D eigenvalue weighted by molar-refractivity contribution is 14.1. The number of hydrogen-bond donors (Lipinski definition) is 0. The van der Waals surface area contributed by atoms with Gasteiger partial charge in [0.1, 0.15) is 0 Å². The molecule has 1 unspecified atom stereocenters. The van der Waals surface area contributed by atoms with Gasteiger partial charge in [-0.3, -0.25) is 0 Å². The van der Waals surface area contributed by atoms with E-state index in [1.165, 1.54) is 6.26 Å². The Morgan fingerprint density at radius 2 is 2.15 bits per heavy atom. The van der Waals surface area contributed by atoms with Gasteiger partial charge in [-0.05, 0) is 78.8 Å². The lowest BCUT2D eigenvalue weighted by Gasteiger charge is -2.18. The molecule has 3 rings (SSSR count). The zero-order valence-corrected chi connectivity index (χ0v) is 17.5. The lowest BCUT2D eigenvalue weighted by Crippen LogP contribution is -2.12. The Bertz CT molecular complexity index is 886. The van der Waals surface area contributed by atoms with Crippen LogP contribution >= 0.6 is 22.6 Å². The fourth-order valence-electron chi connectivity index (χ4n) is 2.41. The number of carbonyl (C=O) groups excluding carboxylic acids is 1. The van der Waals surface area contributed by atoms with E-state index in [9.17, 15) is 4.79 Å². The van der Waals surface area contributed by atoms with Crippen LogP contribution in [0.5, 0.6) is 11.5 Å². The van der Waals surface area contributed by atoms with Gasteiger partial charge in [0.05, 0.1) is 22.5 Å². The molecule has 27 heavy (non-hydrogen) atoms. The van der Waals surface area contributed by atoms with Gasteiger partial charge < -0.3 is 18.6 Å². The molecule has 1 aromatic heterocycles. The molecule has 0 spiro atoms. The number of rotatable bonds is 7. The molecule has 0 amide bonds. The Morgan fingerprint density at radius 3 is 2.81 bits per heavy atom. The Morgan fingerprint density at radius 1 is 1.33 bits per heavy atom. The molecule has 1 aromatic carbocycles. The topological polar surface area (TPSA) is 70.3 Å². The summed E-state index contributed by atoms with van der Waals surface area (Å²) >= 11 is 2.20. The average molecular weight is 481 g/mol. The van der Waals surface area contributed by atoms with Crippen molar-refractivity contribution in [3.05, 3.63) is 51.1 Å². The van der Waals surface area contributed by atoms with E-state index in [1.54, 1.807) is 18.2 Å². The number of carbonyl (C=O) groups is 1. The van der Waals surface area contributed by atoms with Crippen LogP contribution in [0.3, 0.4) is 0 Å². The number of aliphatic imine (C=N–C) groups is 1. The molecule has 1 atom stereocenters. The van der Waals surface area contributed by atoms with Crippen LogP contribution < -0.4 is 9.47 Å². The van der Waals surface area contributed by atoms with Crippen molar-refractivity contribution < 1.29 is 23.4 Å². The molecule has 0 saturated heterocycles. The van der Waals surface area contributed by atoms with E-state index in [1.807, 2.05) is 26.0 Å². The smallest absolute Gasteiger partial charge is 0.363 e. The highest BCUT2D eigenvalue weighted by Crippen LogP contribution is 2.36. The van der Waals surface area contributed by atoms with Gasteiger partial charge in [-0.2, -0.15) is 0 Å². The van der Waals surface area contributed by atoms with Crippen LogP contribution in [-0.2, 0) is 9.53 Å². The Hall–Kier alpha value is -2.29. The Labute approximate surface area is 171 Å². The summed E-state index contributed by atoms with van der Waals surface area (Å²) in [7, 11) is 0. The lowest BCUT2D eigenvalue weighted by molar-refractivity contribution is -0.130. The number of ether oxygens (including phenoxy) is 3. The number of benzene rings is 1. The third-order valence-corrected chi connectivity index (χ3v) is 4.68. The average Bonchev–Trinajstić information content (AvgIpc) is 3.28. The van der Waals surface area contributed by atoms with Crippen LogP contribution in [0.2, 0.25) is 0 Å². The van der Waals surface area contributed by atoms with Crippen LogP contribution in [0, 0.1) is 3.57 Å². The van der Waals surface area contributed by atoms with Gasteiger partial charge in [0.25, 0.3) is 5.90 Å². The molecule has 0 fully saturated rings. The standard InChI is InChI=1S/C20H20INO5/c1-4-12(3)26-18-14(21)9-13(11-17(18)24-5-2)10-15-20(23)27-19(22-15)16-7-6-8-25-16/h6-12H,4-5H2,1-3H3/b15-10-. The summed E-state index contributed by atoms with van der Waals surface area (Å²) in [6.07, 6.45) is 4.13. The normalized spacial score (nSPS) is 16.2. The maximum absolute atomic E-state index is 12.1. The molecule has 0 bridgehead atoms. The molecular formula is C20H20INO5. The van der Waals surface area contributed by atoms with E-state index in [2.05, 4.69) is 34.5 Å². The third kappa shape index (κ3) is 4.52. The highest BCUT2D eigenvalue weighted by atomic mass is 127. The minimum atomic E-state index is -0.519. The summed E-state index contributed by atoms with van der Waals surface area (Å²) in [6, 6.07) is 7.15. The molecule has 142 valence electrons. The van der Waals surface area contributed by atoms with E-state index in [4.69, 9.17) is 18.6 Å². The number of nitrogens with zero attached hydrogens (tertiary/aromatic N) is 1. The Kier molecular flexibility index (Phi) is 6.20. The van der Waals surface area contributed by atoms with Crippen LogP contribution in [0.25, 0.3) is 6.08 Å². The predicted octanol–water partition coefficient (Wildman–Crippen LogP) is 4.80. The van der Waals surface area contributed by atoms with Crippen molar-refractivity contribution in [2.45, 2.75) is 33.3 Å². The van der Waals surface area contributed by atoms with Crippen molar-refractivity contribution in [3.63, 3.8) is 0 Å². The summed E-state index contributed by atoms with van der Waals surface area (Å²) in [4.78, 5) is 16.4. The van der Waals surface area contributed by atoms with Gasteiger partial charge in [-0.1, -0.05) is 6.92 Å². The van der Waals surface area contributed by atoms with Gasteiger partial charge in [0.2, 0.25) is 0 Å². The molecular weight excluding hydrogens is 461 g/mol. The molecule has 2 heterocycles. The summed E-state index contributed by atoms with van der Waals surface area (Å²) in [5.74, 6) is 1.40. The second kappa shape index (κ2) is 8.60. The van der Waals surface area contributed by atoms with Crippen LogP contribution in [-0.4, -0.2) is 24.6 Å². The van der Waals surface area contributed by atoms with Crippen molar-refractivity contribution in [2.75, 3.05) is 6.61 Å². The first-order valence-electron chi connectivity index (χ1n) is 8.71. The van der Waals surface area contributed by atoms with E-state index >= 15 is 0 Å². The van der Waals surface area contributed by atoms with Crippen LogP contribution in [0.1, 0.15) is 38.5 Å². The molecule has 7 heteroatoms. The van der Waals surface area contributed by atoms with Crippen LogP contribution in [0.15, 0.2) is 45.6 Å². The minimum Gasteiger partial charge on any atom is -0.490 e. The van der Waals surface area contributed by atoms with Crippen molar-refractivity contribution in [1.29, 1.82) is 0 Å². The van der Waals surface area contributed by atoms with Gasteiger partial charge in [0, 0.05) is 0 Å². The van der Waals surface area contributed by atoms with E-state index < -0.39 is 5.97 Å². The Balaban J connectivity index is 1.94. The largest absolute Gasteiger partial charge is 0.490 e. The van der Waals surface area contributed by atoms with Crippen molar-refractivity contribution in [3.8, 4) is 11.5 Å². The summed E-state index contributed by atoms with van der Waals surface area (Å²) in [6.45, 7) is 6.51. The van der Waals surface area contributed by atoms with Gasteiger partial charge in [-0.25, -0.2) is 9.79 Å². The number of halogens is 1. The first kappa shape index (κ1) is 19.5. The fraction of sp³-hybridized carbons (Fsp3) is 0.300. The van der Waals surface area contributed by atoms with Gasteiger partial charge >= 0.3 is 5.97 Å². The highest BCUT2D eigenvalue weighted by Gasteiger charge is 2.26. The lowest BCUT2D eigenvalue weighted by atomic mass is 10.1. The third-order valence-electron chi connectivity index (χ3n) is 3.88.